The Morgan fingerprint density at radius 1 is 1.05 bits per heavy atom. The molecule has 0 unspecified atom stereocenters. The zero-order chi connectivity index (χ0) is 14.7. The zero-order valence-corrected chi connectivity index (χ0v) is 11.7. The van der Waals surface area contributed by atoms with Crippen molar-refractivity contribution in [3.63, 3.8) is 0 Å². The Bertz CT molecular complexity index is 305. The number of carbonyl (C=O) groups excluding carboxylic acids is 2. The predicted molar refractivity (Wildman–Crippen MR) is 71.6 cm³/mol. The number of aliphatic carboxylic acids is 1. The highest BCUT2D eigenvalue weighted by Crippen LogP contribution is 2.02. The first-order chi connectivity index (χ1) is 9.01. The number of hydrogen-bond acceptors (Lipinski definition) is 3. The molecule has 0 spiro atoms. The van der Waals surface area contributed by atoms with Crippen LogP contribution in [0.3, 0.4) is 0 Å². The Morgan fingerprint density at radius 3 is 2.21 bits per heavy atom. The summed E-state index contributed by atoms with van der Waals surface area (Å²) in [5.41, 5.74) is 0. The SMILES string of the molecule is CCCC[C@H](NC(=O)CCC(=O)NCCC)C(=O)O. The van der Waals surface area contributed by atoms with E-state index in [1.807, 2.05) is 13.8 Å². The molecule has 6 heteroatoms. The summed E-state index contributed by atoms with van der Waals surface area (Å²) in [6.45, 7) is 4.49. The van der Waals surface area contributed by atoms with Gasteiger partial charge in [0.05, 0.1) is 0 Å². The Morgan fingerprint density at radius 2 is 1.68 bits per heavy atom. The number of carbonyl (C=O) groups is 3. The lowest BCUT2D eigenvalue weighted by Crippen LogP contribution is -2.41. The number of hydrogen-bond donors (Lipinski definition) is 3. The van der Waals surface area contributed by atoms with Crippen LogP contribution in [0.15, 0.2) is 0 Å². The number of nitrogens with one attached hydrogen (secondary N) is 2. The molecule has 2 amide bonds. The van der Waals surface area contributed by atoms with Crippen LogP contribution in [-0.4, -0.2) is 35.5 Å². The molecule has 3 N–H and O–H groups in total. The molecular weight excluding hydrogens is 248 g/mol. The van der Waals surface area contributed by atoms with E-state index in [0.717, 1.165) is 19.3 Å². The Hall–Kier alpha value is -1.59. The highest BCUT2D eigenvalue weighted by molar-refractivity contribution is 5.86. The summed E-state index contributed by atoms with van der Waals surface area (Å²) >= 11 is 0. The fourth-order valence-corrected chi connectivity index (χ4v) is 1.51. The van der Waals surface area contributed by atoms with Gasteiger partial charge < -0.3 is 15.7 Å². The van der Waals surface area contributed by atoms with Crippen molar-refractivity contribution in [1.82, 2.24) is 10.6 Å². The molecule has 0 aromatic rings. The molecule has 0 radical (unpaired) electrons. The summed E-state index contributed by atoms with van der Waals surface area (Å²) in [4.78, 5) is 33.8. The van der Waals surface area contributed by atoms with Gasteiger partial charge in [-0.25, -0.2) is 4.79 Å². The van der Waals surface area contributed by atoms with Gasteiger partial charge >= 0.3 is 5.97 Å². The van der Waals surface area contributed by atoms with Crippen LogP contribution in [-0.2, 0) is 14.4 Å². The van der Waals surface area contributed by atoms with Crippen LogP contribution in [0.2, 0.25) is 0 Å². The second-order valence-electron chi connectivity index (χ2n) is 4.45. The largest absolute Gasteiger partial charge is 0.480 e. The van der Waals surface area contributed by atoms with Gasteiger partial charge in [0.25, 0.3) is 0 Å². The quantitative estimate of drug-likeness (QED) is 0.554. The van der Waals surface area contributed by atoms with Crippen molar-refractivity contribution in [2.45, 2.75) is 58.4 Å². The first-order valence-corrected chi connectivity index (χ1v) is 6.80. The van der Waals surface area contributed by atoms with Crippen molar-refractivity contribution >= 4 is 17.8 Å². The van der Waals surface area contributed by atoms with Crippen LogP contribution in [0.5, 0.6) is 0 Å². The lowest BCUT2D eigenvalue weighted by molar-refractivity contribution is -0.142. The van der Waals surface area contributed by atoms with Crippen LogP contribution in [0, 0.1) is 0 Å². The average molecular weight is 272 g/mol. The van der Waals surface area contributed by atoms with Gasteiger partial charge in [-0.2, -0.15) is 0 Å². The number of carboxylic acid groups (broad SMARTS) is 1. The highest BCUT2D eigenvalue weighted by atomic mass is 16.4. The summed E-state index contributed by atoms with van der Waals surface area (Å²) in [5.74, 6) is -1.61. The monoisotopic (exact) mass is 272 g/mol. The topological polar surface area (TPSA) is 95.5 Å². The smallest absolute Gasteiger partial charge is 0.326 e. The molecule has 0 fully saturated rings. The molecule has 0 saturated heterocycles. The van der Waals surface area contributed by atoms with Crippen LogP contribution in [0.4, 0.5) is 0 Å². The lowest BCUT2D eigenvalue weighted by atomic mass is 10.1. The highest BCUT2D eigenvalue weighted by Gasteiger charge is 2.19. The van der Waals surface area contributed by atoms with Gasteiger partial charge in [-0.15, -0.1) is 0 Å². The molecule has 0 aromatic carbocycles. The molecule has 6 nitrogen and oxygen atoms in total. The van der Waals surface area contributed by atoms with Crippen molar-refractivity contribution in [2.24, 2.45) is 0 Å². The van der Waals surface area contributed by atoms with E-state index in [9.17, 15) is 14.4 Å². The van der Waals surface area contributed by atoms with Gasteiger partial charge in [0.2, 0.25) is 11.8 Å². The van der Waals surface area contributed by atoms with Crippen molar-refractivity contribution < 1.29 is 19.5 Å². The number of amides is 2. The number of rotatable bonds is 10. The van der Waals surface area contributed by atoms with E-state index < -0.39 is 17.9 Å². The first-order valence-electron chi connectivity index (χ1n) is 6.80. The van der Waals surface area contributed by atoms with E-state index in [1.54, 1.807) is 0 Å². The van der Waals surface area contributed by atoms with E-state index in [-0.39, 0.29) is 18.7 Å². The molecule has 0 saturated carbocycles. The first kappa shape index (κ1) is 17.4. The Balaban J connectivity index is 3.99. The van der Waals surface area contributed by atoms with E-state index in [2.05, 4.69) is 10.6 Å². The third-order valence-corrected chi connectivity index (χ3v) is 2.63. The molecule has 0 bridgehead atoms. The Kier molecular flexibility index (Phi) is 9.48. The van der Waals surface area contributed by atoms with Crippen LogP contribution >= 0.6 is 0 Å². The van der Waals surface area contributed by atoms with E-state index in [0.29, 0.717) is 13.0 Å². The fourth-order valence-electron chi connectivity index (χ4n) is 1.51. The molecule has 0 heterocycles. The third-order valence-electron chi connectivity index (χ3n) is 2.63. The molecule has 0 aliphatic rings. The second-order valence-corrected chi connectivity index (χ2v) is 4.45. The van der Waals surface area contributed by atoms with Crippen LogP contribution in [0.25, 0.3) is 0 Å². The minimum Gasteiger partial charge on any atom is -0.480 e. The standard InChI is InChI=1S/C13H24N2O4/c1-3-5-6-10(13(18)19)15-12(17)8-7-11(16)14-9-4-2/h10H,3-9H2,1-2H3,(H,14,16)(H,15,17)(H,18,19)/t10-/m0/s1. The summed E-state index contributed by atoms with van der Waals surface area (Å²) in [6.07, 6.45) is 2.99. The van der Waals surface area contributed by atoms with Crippen molar-refractivity contribution in [1.29, 1.82) is 0 Å². The maximum atomic E-state index is 11.5. The second kappa shape index (κ2) is 10.3. The van der Waals surface area contributed by atoms with E-state index in [1.165, 1.54) is 0 Å². The normalized spacial score (nSPS) is 11.7. The molecule has 110 valence electrons. The molecule has 19 heavy (non-hydrogen) atoms. The fraction of sp³-hybridized carbons (Fsp3) is 0.769. The maximum Gasteiger partial charge on any atom is 0.326 e. The Labute approximate surface area is 113 Å². The minimum atomic E-state index is -1.03. The van der Waals surface area contributed by atoms with E-state index in [4.69, 9.17) is 5.11 Å². The van der Waals surface area contributed by atoms with Gasteiger partial charge in [0.1, 0.15) is 6.04 Å². The van der Waals surface area contributed by atoms with Gasteiger partial charge in [-0.05, 0) is 12.8 Å². The van der Waals surface area contributed by atoms with Gasteiger partial charge in [0, 0.05) is 19.4 Å². The minimum absolute atomic E-state index is 0.0193. The molecule has 0 rings (SSSR count). The molecule has 0 aliphatic heterocycles. The molecule has 0 aromatic heterocycles. The van der Waals surface area contributed by atoms with Crippen molar-refractivity contribution in [3.8, 4) is 0 Å². The summed E-state index contributed by atoms with van der Waals surface area (Å²) < 4.78 is 0. The summed E-state index contributed by atoms with van der Waals surface area (Å²) in [5, 5.41) is 14.1. The number of carboxylic acids is 1. The van der Waals surface area contributed by atoms with Gasteiger partial charge in [0.15, 0.2) is 0 Å². The zero-order valence-electron chi connectivity index (χ0n) is 11.7. The van der Waals surface area contributed by atoms with E-state index >= 15 is 0 Å². The summed E-state index contributed by atoms with van der Waals surface area (Å²) in [6, 6.07) is -0.855. The predicted octanol–water partition coefficient (Wildman–Crippen LogP) is 1.05. The average Bonchev–Trinajstić information content (AvgIpc) is 2.38. The molecular formula is C13H24N2O4. The lowest BCUT2D eigenvalue weighted by Gasteiger charge is -2.13. The van der Waals surface area contributed by atoms with Crippen molar-refractivity contribution in [3.05, 3.63) is 0 Å². The van der Waals surface area contributed by atoms with Crippen molar-refractivity contribution in [2.75, 3.05) is 6.54 Å². The third kappa shape index (κ3) is 9.04. The van der Waals surface area contributed by atoms with Gasteiger partial charge in [-0.3, -0.25) is 9.59 Å². The number of unbranched alkanes of at least 4 members (excludes halogenated alkanes) is 1. The molecule has 0 aliphatic carbocycles. The maximum absolute atomic E-state index is 11.5. The van der Waals surface area contributed by atoms with Gasteiger partial charge in [-0.1, -0.05) is 26.7 Å². The summed E-state index contributed by atoms with van der Waals surface area (Å²) in [7, 11) is 0. The molecule has 1 atom stereocenters. The van der Waals surface area contributed by atoms with Crippen LogP contribution in [0.1, 0.15) is 52.4 Å². The van der Waals surface area contributed by atoms with Crippen LogP contribution < -0.4 is 10.6 Å².